The number of carbonyl (C=O) groups is 1. The van der Waals surface area contributed by atoms with E-state index in [1.165, 1.54) is 25.3 Å². The van der Waals surface area contributed by atoms with Crippen LogP contribution in [0.4, 0.5) is 0 Å². The molecule has 0 bridgehead atoms. The summed E-state index contributed by atoms with van der Waals surface area (Å²) in [4.78, 5) is 12.8. The Morgan fingerprint density at radius 3 is 2.34 bits per heavy atom. The average Bonchev–Trinajstić information content (AvgIpc) is 2.76. The summed E-state index contributed by atoms with van der Waals surface area (Å²) in [6.07, 6.45) is -8.27. The number of hydrogen-bond acceptors (Lipinski definition) is 11. The summed E-state index contributed by atoms with van der Waals surface area (Å²) in [7, 11) is 1.32. The molecule has 0 amide bonds. The van der Waals surface area contributed by atoms with Crippen LogP contribution in [0.1, 0.15) is 15.9 Å². The largest absolute Gasteiger partial charge is 0.508 e. The van der Waals surface area contributed by atoms with Gasteiger partial charge in [-0.2, -0.15) is 0 Å². The van der Waals surface area contributed by atoms with Gasteiger partial charge in [0.05, 0.1) is 13.7 Å². The number of Topliss-reactive ketones (excluding diaryl/α,β-unsaturated/α-hetero) is 1. The molecule has 11 heteroatoms. The highest BCUT2D eigenvalue weighted by Gasteiger charge is 2.45. The Hall–Kier alpha value is -3.09. The molecule has 1 heterocycles. The Morgan fingerprint density at radius 1 is 0.969 bits per heavy atom. The van der Waals surface area contributed by atoms with Crippen molar-refractivity contribution in [2.45, 2.75) is 37.1 Å². The van der Waals surface area contributed by atoms with Gasteiger partial charge < -0.3 is 50.0 Å². The molecule has 0 saturated carbocycles. The molecule has 0 radical (unpaired) electrons. The molecule has 5 atom stereocenters. The van der Waals surface area contributed by atoms with Crippen molar-refractivity contribution in [3.05, 3.63) is 41.5 Å². The second kappa shape index (κ2) is 9.59. The molecule has 11 nitrogen and oxygen atoms in total. The molecule has 1 fully saturated rings. The van der Waals surface area contributed by atoms with Crippen LogP contribution in [0.5, 0.6) is 28.7 Å². The van der Waals surface area contributed by atoms with Gasteiger partial charge in [-0.15, -0.1) is 0 Å². The van der Waals surface area contributed by atoms with E-state index in [1.54, 1.807) is 0 Å². The van der Waals surface area contributed by atoms with Crippen LogP contribution in [-0.4, -0.2) is 86.0 Å². The first-order valence-electron chi connectivity index (χ1n) is 9.58. The maximum absolute atomic E-state index is 12.8. The molecular weight excluding hydrogens is 428 g/mol. The topological polar surface area (TPSA) is 186 Å². The summed E-state index contributed by atoms with van der Waals surface area (Å²) in [5.74, 6) is -1.71. The van der Waals surface area contributed by atoms with Gasteiger partial charge in [-0.3, -0.25) is 4.79 Å². The third kappa shape index (κ3) is 4.71. The molecule has 0 aliphatic carbocycles. The summed E-state index contributed by atoms with van der Waals surface area (Å²) in [5, 5.41) is 69.2. The van der Waals surface area contributed by atoms with Gasteiger partial charge in [0.2, 0.25) is 6.29 Å². The predicted octanol–water partition coefficient (Wildman–Crippen LogP) is -0.584. The van der Waals surface area contributed by atoms with Gasteiger partial charge >= 0.3 is 0 Å². The maximum atomic E-state index is 12.8. The number of ether oxygens (including phenoxy) is 3. The first-order valence-corrected chi connectivity index (χ1v) is 9.58. The predicted molar refractivity (Wildman–Crippen MR) is 107 cm³/mol. The van der Waals surface area contributed by atoms with E-state index in [1.807, 2.05) is 0 Å². The molecule has 2 aromatic carbocycles. The number of phenols is 3. The summed E-state index contributed by atoms with van der Waals surface area (Å²) in [6, 6.07) is 6.00. The highest BCUT2D eigenvalue weighted by Crippen LogP contribution is 2.36. The van der Waals surface area contributed by atoms with E-state index in [9.17, 15) is 40.5 Å². The van der Waals surface area contributed by atoms with E-state index in [0.29, 0.717) is 0 Å². The van der Waals surface area contributed by atoms with Crippen LogP contribution in [0.15, 0.2) is 30.3 Å². The fourth-order valence-corrected chi connectivity index (χ4v) is 3.30. The SMILES string of the molecule is COc1cc(C(=O)Cc2c(O)cc(O)cc2O[C@@H]2O[C@H](CO)[C@@H](O)[C@H](O)[C@H]2O)ccc1O. The van der Waals surface area contributed by atoms with E-state index >= 15 is 0 Å². The van der Waals surface area contributed by atoms with Crippen molar-refractivity contribution >= 4 is 5.78 Å². The Morgan fingerprint density at radius 2 is 1.69 bits per heavy atom. The van der Waals surface area contributed by atoms with Crippen LogP contribution in [-0.2, 0) is 11.2 Å². The zero-order chi connectivity index (χ0) is 23.6. The zero-order valence-corrected chi connectivity index (χ0v) is 17.0. The van der Waals surface area contributed by atoms with Gasteiger partial charge in [-0.1, -0.05) is 0 Å². The van der Waals surface area contributed by atoms with Crippen molar-refractivity contribution in [2.24, 2.45) is 0 Å². The fraction of sp³-hybridized carbons (Fsp3) is 0.381. The van der Waals surface area contributed by atoms with E-state index in [0.717, 1.165) is 12.1 Å². The normalized spacial score (nSPS) is 25.3. The number of aliphatic hydroxyl groups is 4. The maximum Gasteiger partial charge on any atom is 0.229 e. The molecular formula is C21H24O11. The lowest BCUT2D eigenvalue weighted by molar-refractivity contribution is -0.277. The number of hydrogen-bond donors (Lipinski definition) is 7. The Kier molecular flexibility index (Phi) is 7.06. The van der Waals surface area contributed by atoms with Crippen LogP contribution in [0, 0.1) is 0 Å². The number of aliphatic hydroxyl groups excluding tert-OH is 4. The van der Waals surface area contributed by atoms with Crippen LogP contribution < -0.4 is 9.47 Å². The highest BCUT2D eigenvalue weighted by atomic mass is 16.7. The molecule has 1 aliphatic heterocycles. The summed E-state index contributed by atoms with van der Waals surface area (Å²) < 4.78 is 15.8. The third-order valence-electron chi connectivity index (χ3n) is 5.10. The first-order chi connectivity index (χ1) is 15.2. The van der Waals surface area contributed by atoms with Crippen molar-refractivity contribution < 1.29 is 54.8 Å². The standard InChI is InChI=1S/C21H24O11/c1-30-16-4-9(2-3-12(16)24)13(25)7-11-14(26)5-10(23)6-15(11)31-21-20(29)19(28)18(27)17(8-22)32-21/h2-6,17-24,26-29H,7-8H2,1H3/t17-,18-,19+,20-,21-/m1/s1. The number of aromatic hydroxyl groups is 3. The van der Waals surface area contributed by atoms with Crippen LogP contribution in [0.2, 0.25) is 0 Å². The lowest BCUT2D eigenvalue weighted by atomic mass is 9.99. The van der Waals surface area contributed by atoms with Crippen molar-refractivity contribution in [3.63, 3.8) is 0 Å². The average molecular weight is 452 g/mol. The van der Waals surface area contributed by atoms with E-state index in [2.05, 4.69) is 0 Å². The van der Waals surface area contributed by atoms with Crippen LogP contribution >= 0.6 is 0 Å². The Bertz CT molecular complexity index is 974. The summed E-state index contributed by atoms with van der Waals surface area (Å²) in [5.41, 5.74) is 0.0997. The first kappa shape index (κ1) is 23.6. The lowest BCUT2D eigenvalue weighted by Crippen LogP contribution is -2.60. The molecule has 2 aromatic rings. The molecule has 0 spiro atoms. The molecule has 0 unspecified atom stereocenters. The highest BCUT2D eigenvalue weighted by molar-refractivity contribution is 5.98. The second-order valence-corrected chi connectivity index (χ2v) is 7.24. The Labute approximate surface area is 182 Å². The minimum absolute atomic E-state index is 0.0585. The summed E-state index contributed by atoms with van der Waals surface area (Å²) in [6.45, 7) is -0.676. The monoisotopic (exact) mass is 452 g/mol. The van der Waals surface area contributed by atoms with Gasteiger partial charge in [0.15, 0.2) is 17.3 Å². The molecule has 1 saturated heterocycles. The second-order valence-electron chi connectivity index (χ2n) is 7.24. The lowest BCUT2D eigenvalue weighted by Gasteiger charge is -2.39. The van der Waals surface area contributed by atoms with E-state index < -0.39 is 61.0 Å². The number of carbonyl (C=O) groups excluding carboxylic acids is 1. The van der Waals surface area contributed by atoms with Crippen molar-refractivity contribution in [3.8, 4) is 28.7 Å². The smallest absolute Gasteiger partial charge is 0.229 e. The van der Waals surface area contributed by atoms with Gasteiger partial charge in [0, 0.05) is 29.7 Å². The van der Waals surface area contributed by atoms with E-state index in [-0.39, 0.29) is 28.4 Å². The molecule has 1 aliphatic rings. The van der Waals surface area contributed by atoms with Gasteiger partial charge in [-0.25, -0.2) is 0 Å². The molecule has 7 N–H and O–H groups in total. The van der Waals surface area contributed by atoms with Gasteiger partial charge in [0.1, 0.15) is 41.7 Å². The minimum Gasteiger partial charge on any atom is -0.508 e. The van der Waals surface area contributed by atoms with Gasteiger partial charge in [-0.05, 0) is 18.2 Å². The number of ketones is 1. The van der Waals surface area contributed by atoms with Crippen molar-refractivity contribution in [2.75, 3.05) is 13.7 Å². The quantitative estimate of drug-likeness (QED) is 0.266. The third-order valence-corrected chi connectivity index (χ3v) is 5.10. The van der Waals surface area contributed by atoms with E-state index in [4.69, 9.17) is 14.2 Å². The van der Waals surface area contributed by atoms with Crippen molar-refractivity contribution in [1.29, 1.82) is 0 Å². The molecule has 174 valence electrons. The number of benzene rings is 2. The molecule has 32 heavy (non-hydrogen) atoms. The number of methoxy groups -OCH3 is 1. The van der Waals surface area contributed by atoms with Crippen LogP contribution in [0.3, 0.4) is 0 Å². The number of phenolic OH excluding ortho intramolecular Hbond substituents is 3. The van der Waals surface area contributed by atoms with Crippen molar-refractivity contribution in [1.82, 2.24) is 0 Å². The van der Waals surface area contributed by atoms with Crippen LogP contribution in [0.25, 0.3) is 0 Å². The minimum atomic E-state index is -1.73. The fourth-order valence-electron chi connectivity index (χ4n) is 3.30. The number of rotatable bonds is 7. The Balaban J connectivity index is 1.89. The summed E-state index contributed by atoms with van der Waals surface area (Å²) >= 11 is 0. The van der Waals surface area contributed by atoms with Gasteiger partial charge in [0.25, 0.3) is 0 Å². The zero-order valence-electron chi connectivity index (χ0n) is 17.0. The molecule has 3 rings (SSSR count). The molecule has 0 aromatic heterocycles.